The number of hydrogen-bond acceptors (Lipinski definition) is 2. The molecule has 0 fully saturated rings. The average molecular weight is 419 g/mol. The maximum absolute atomic E-state index is 15.7. The lowest BCUT2D eigenvalue weighted by Crippen LogP contribution is -2.28. The minimum absolute atomic E-state index is 0.170. The number of rotatable bonds is 5. The molecule has 0 N–H and O–H groups in total. The van der Waals surface area contributed by atoms with Crippen LogP contribution >= 0.6 is 0 Å². The zero-order chi connectivity index (χ0) is 21.0. The van der Waals surface area contributed by atoms with Gasteiger partial charge in [0, 0.05) is 0 Å². The van der Waals surface area contributed by atoms with Gasteiger partial charge in [0.25, 0.3) is 0 Å². The molecule has 4 aromatic rings. The Morgan fingerprint density at radius 1 is 0.600 bits per heavy atom. The molecule has 1 unspecified atom stereocenters. The largest absolute Gasteiger partial charge is 0.232 e. The fourth-order valence-corrected chi connectivity index (χ4v) is 4.77. The Morgan fingerprint density at radius 3 is 1.33 bits per heavy atom. The lowest BCUT2D eigenvalue weighted by molar-refractivity contribution is 0.603. The van der Waals surface area contributed by atoms with E-state index in [0.29, 0.717) is 16.7 Å². The van der Waals surface area contributed by atoms with Gasteiger partial charge in [-0.15, -0.1) is 3.89 Å². The predicted molar refractivity (Wildman–Crippen MR) is 116 cm³/mol. The van der Waals surface area contributed by atoms with Crippen molar-refractivity contribution in [2.24, 2.45) is 4.36 Å². The summed E-state index contributed by atoms with van der Waals surface area (Å²) in [7, 11) is -4.37. The third-order valence-corrected chi connectivity index (χ3v) is 6.30. The second-order valence-corrected chi connectivity index (χ2v) is 8.38. The molecule has 0 bridgehead atoms. The van der Waals surface area contributed by atoms with Crippen molar-refractivity contribution in [3.05, 3.63) is 138 Å². The molecule has 0 amide bonds. The normalized spacial score (nSPS) is 13.4. The monoisotopic (exact) mass is 419 g/mol. The molecule has 0 aliphatic carbocycles. The summed E-state index contributed by atoms with van der Waals surface area (Å²) in [5.74, 6) is -0.533. The Bertz CT molecular complexity index is 1140. The molecule has 0 saturated heterocycles. The zero-order valence-corrected chi connectivity index (χ0v) is 16.8. The van der Waals surface area contributed by atoms with Gasteiger partial charge in [-0.25, -0.2) is 8.60 Å². The van der Waals surface area contributed by atoms with Gasteiger partial charge in [-0.2, -0.15) is 4.36 Å². The number of benzene rings is 4. The molecule has 0 aliphatic heterocycles. The van der Waals surface area contributed by atoms with Crippen molar-refractivity contribution in [3.63, 3.8) is 0 Å². The molecule has 30 heavy (non-hydrogen) atoms. The van der Waals surface area contributed by atoms with E-state index in [2.05, 4.69) is 4.36 Å². The van der Waals surface area contributed by atoms with Crippen LogP contribution in [0.4, 0.5) is 8.28 Å². The van der Waals surface area contributed by atoms with Crippen molar-refractivity contribution in [3.8, 4) is 0 Å². The van der Waals surface area contributed by atoms with E-state index in [0.717, 1.165) is 12.1 Å². The summed E-state index contributed by atoms with van der Waals surface area (Å²) in [5, 5.41) is 0. The van der Waals surface area contributed by atoms with Gasteiger partial charge in [0.2, 0.25) is 10.1 Å². The van der Waals surface area contributed by atoms with Crippen LogP contribution in [-0.2, 0) is 15.7 Å². The van der Waals surface area contributed by atoms with E-state index < -0.39 is 21.5 Å². The summed E-state index contributed by atoms with van der Waals surface area (Å²) in [5.41, 5.74) is 0.670. The van der Waals surface area contributed by atoms with Crippen molar-refractivity contribution in [1.29, 1.82) is 0 Å². The molecule has 0 heterocycles. The number of hydrogen-bond donors (Lipinski definition) is 0. The van der Waals surface area contributed by atoms with Gasteiger partial charge in [0.05, 0.1) is 4.90 Å². The van der Waals surface area contributed by atoms with Crippen LogP contribution in [0.2, 0.25) is 0 Å². The smallest absolute Gasteiger partial charge is 0.211 e. The third-order valence-electron chi connectivity index (χ3n) is 4.93. The van der Waals surface area contributed by atoms with Crippen molar-refractivity contribution in [1.82, 2.24) is 0 Å². The van der Waals surface area contributed by atoms with E-state index in [4.69, 9.17) is 0 Å². The number of halogens is 2. The Kier molecular flexibility index (Phi) is 5.46. The first-order valence-corrected chi connectivity index (χ1v) is 10.8. The molecule has 1 atom stereocenters. The van der Waals surface area contributed by atoms with Gasteiger partial charge in [-0.1, -0.05) is 91.0 Å². The van der Waals surface area contributed by atoms with Crippen molar-refractivity contribution in [2.75, 3.05) is 0 Å². The molecule has 0 aromatic heterocycles. The predicted octanol–water partition coefficient (Wildman–Crippen LogP) is 6.53. The molecule has 4 rings (SSSR count). The first kappa shape index (κ1) is 20.0. The van der Waals surface area contributed by atoms with Crippen LogP contribution in [0.15, 0.2) is 125 Å². The topological polar surface area (TPSA) is 29.4 Å². The molecular weight excluding hydrogens is 400 g/mol. The highest BCUT2D eigenvalue weighted by atomic mass is 32.3. The molecule has 0 radical (unpaired) electrons. The van der Waals surface area contributed by atoms with E-state index >= 15 is 3.89 Å². The van der Waals surface area contributed by atoms with E-state index in [-0.39, 0.29) is 4.90 Å². The molecule has 0 spiro atoms. The molecule has 150 valence electrons. The minimum Gasteiger partial charge on any atom is -0.211 e. The lowest BCUT2D eigenvalue weighted by atomic mass is 9.78. The Labute approximate surface area is 175 Å². The van der Waals surface area contributed by atoms with Crippen molar-refractivity contribution >= 4 is 10.1 Å². The summed E-state index contributed by atoms with van der Waals surface area (Å²) in [6.45, 7) is 0. The second kappa shape index (κ2) is 8.20. The van der Waals surface area contributed by atoms with E-state index in [1.165, 1.54) is 12.1 Å². The van der Waals surface area contributed by atoms with Crippen molar-refractivity contribution in [2.45, 2.75) is 10.4 Å². The van der Waals surface area contributed by atoms with Gasteiger partial charge < -0.3 is 0 Å². The molecular formula is C25H19F2NOS. The van der Waals surface area contributed by atoms with Gasteiger partial charge in [0.1, 0.15) is 11.4 Å². The maximum atomic E-state index is 15.7. The summed E-state index contributed by atoms with van der Waals surface area (Å²) in [6, 6.07) is 32.1. The molecule has 4 aromatic carbocycles. The molecule has 5 heteroatoms. The van der Waals surface area contributed by atoms with Gasteiger partial charge in [-0.3, -0.25) is 0 Å². The third kappa shape index (κ3) is 3.76. The highest BCUT2D eigenvalue weighted by Gasteiger charge is 2.38. The van der Waals surface area contributed by atoms with Crippen LogP contribution in [0.1, 0.15) is 16.7 Å². The maximum Gasteiger partial charge on any atom is 0.232 e. The first-order valence-electron chi connectivity index (χ1n) is 9.42. The summed E-state index contributed by atoms with van der Waals surface area (Å²) < 4.78 is 46.8. The Hall–Kier alpha value is -3.31. The SMILES string of the molecule is O=S(F)(=NC(c1ccccc1)(c1ccccc1)c1ccccc1)c1ccc(F)cc1. The van der Waals surface area contributed by atoms with Crippen LogP contribution in [0, 0.1) is 5.82 Å². The summed E-state index contributed by atoms with van der Waals surface area (Å²) in [4.78, 5) is -0.170. The number of nitrogens with zero attached hydrogens (tertiary/aromatic N) is 1. The van der Waals surface area contributed by atoms with Crippen LogP contribution < -0.4 is 0 Å². The zero-order valence-electron chi connectivity index (χ0n) is 16.0. The summed E-state index contributed by atoms with van der Waals surface area (Å²) in [6.07, 6.45) is 0. The lowest BCUT2D eigenvalue weighted by Gasteiger charge is -2.32. The van der Waals surface area contributed by atoms with E-state index in [1.807, 2.05) is 91.0 Å². The minimum atomic E-state index is -4.37. The quantitative estimate of drug-likeness (QED) is 0.267. The van der Waals surface area contributed by atoms with Crippen LogP contribution in [0.5, 0.6) is 0 Å². The van der Waals surface area contributed by atoms with Gasteiger partial charge >= 0.3 is 0 Å². The highest BCUT2D eigenvalue weighted by molar-refractivity contribution is 7.88. The van der Waals surface area contributed by atoms with Crippen LogP contribution in [0.25, 0.3) is 0 Å². The average Bonchev–Trinajstić information content (AvgIpc) is 2.79. The summed E-state index contributed by atoms with van der Waals surface area (Å²) >= 11 is 0. The fourth-order valence-electron chi connectivity index (χ4n) is 3.53. The fraction of sp³-hybridized carbons (Fsp3) is 0.0400. The van der Waals surface area contributed by atoms with Crippen molar-refractivity contribution < 1.29 is 12.5 Å². The van der Waals surface area contributed by atoms with E-state index in [1.54, 1.807) is 0 Å². The molecule has 0 saturated carbocycles. The first-order chi connectivity index (χ1) is 14.5. The Morgan fingerprint density at radius 2 is 0.967 bits per heavy atom. The Balaban J connectivity index is 2.10. The second-order valence-electron chi connectivity index (χ2n) is 6.81. The van der Waals surface area contributed by atoms with Gasteiger partial charge in [-0.05, 0) is 41.0 Å². The van der Waals surface area contributed by atoms with Gasteiger partial charge in [0.15, 0.2) is 0 Å². The van der Waals surface area contributed by atoms with E-state index in [9.17, 15) is 8.60 Å². The van der Waals surface area contributed by atoms with Crippen LogP contribution in [0.3, 0.4) is 0 Å². The highest BCUT2D eigenvalue weighted by Crippen LogP contribution is 2.42. The van der Waals surface area contributed by atoms with Crippen LogP contribution in [-0.4, -0.2) is 4.21 Å². The molecule has 2 nitrogen and oxygen atoms in total. The standard InChI is InChI=1S/C25H19F2NOS/c26-23-16-18-24(19-17-23)30(27,29)28-25(20-10-4-1-5-11-20,21-12-6-2-7-13-21)22-14-8-3-9-15-22/h1-19H. The molecule has 0 aliphatic rings.